The Labute approximate surface area is 89.8 Å². The zero-order valence-electron chi connectivity index (χ0n) is 8.64. The van der Waals surface area contributed by atoms with Gasteiger partial charge in [0.05, 0.1) is 13.7 Å². The fourth-order valence-corrected chi connectivity index (χ4v) is 1.11. The Morgan fingerprint density at radius 2 is 1.94 bits per heavy atom. The Kier molecular flexibility index (Phi) is 3.76. The molecule has 0 amide bonds. The number of ether oxygens (including phenoxy) is 2. The maximum atomic E-state index is 13.5. The second kappa shape index (κ2) is 4.87. The molecule has 1 aromatic rings. The normalized spacial score (nSPS) is 10.1. The quantitative estimate of drug-likeness (QED) is 0.594. The number of benzene rings is 1. The average molecular weight is 234 g/mol. The highest BCUT2D eigenvalue weighted by molar-refractivity contribution is 5.90. The van der Waals surface area contributed by atoms with E-state index in [1.807, 2.05) is 0 Å². The van der Waals surface area contributed by atoms with E-state index in [0.717, 1.165) is 7.11 Å². The summed E-state index contributed by atoms with van der Waals surface area (Å²) in [4.78, 5) is 11.2. The highest BCUT2D eigenvalue weighted by atomic mass is 19.2. The molecule has 0 unspecified atom stereocenters. The number of hydrogen-bond donors (Lipinski definition) is 0. The van der Waals surface area contributed by atoms with Gasteiger partial charge in [0.15, 0.2) is 23.2 Å². The van der Waals surface area contributed by atoms with Crippen molar-refractivity contribution in [1.82, 2.24) is 0 Å². The molecule has 0 atom stereocenters. The lowest BCUT2D eigenvalue weighted by Crippen LogP contribution is -2.12. The molecule has 1 rings (SSSR count). The van der Waals surface area contributed by atoms with Gasteiger partial charge in [-0.2, -0.15) is 0 Å². The molecule has 16 heavy (non-hydrogen) atoms. The van der Waals surface area contributed by atoms with Crippen LogP contribution in [0.25, 0.3) is 0 Å². The minimum Gasteiger partial charge on any atom is -0.494 e. The van der Waals surface area contributed by atoms with E-state index in [0.29, 0.717) is 6.07 Å². The fraction of sp³-hybridized carbons (Fsp3) is 0.300. The van der Waals surface area contributed by atoms with Crippen LogP contribution in [0.4, 0.5) is 13.2 Å². The van der Waals surface area contributed by atoms with E-state index >= 15 is 0 Å². The lowest BCUT2D eigenvalue weighted by atomic mass is 10.1. The molecule has 0 N–H and O–H groups in total. The average Bonchev–Trinajstić information content (AvgIpc) is 2.24. The monoisotopic (exact) mass is 234 g/mol. The largest absolute Gasteiger partial charge is 0.494 e. The summed E-state index contributed by atoms with van der Waals surface area (Å²) in [6, 6.07) is 0.521. The summed E-state index contributed by atoms with van der Waals surface area (Å²) < 4.78 is 48.5. The van der Waals surface area contributed by atoms with E-state index in [1.54, 1.807) is 0 Å². The van der Waals surface area contributed by atoms with E-state index in [-0.39, 0.29) is 6.61 Å². The first-order valence-corrected chi connectivity index (χ1v) is 4.41. The third kappa shape index (κ3) is 2.10. The smallest absolute Gasteiger partial charge is 0.344 e. The molecule has 3 nitrogen and oxygen atoms in total. The summed E-state index contributed by atoms with van der Waals surface area (Å²) in [6.45, 7) is 1.39. The Morgan fingerprint density at radius 1 is 1.31 bits per heavy atom. The zero-order valence-corrected chi connectivity index (χ0v) is 8.64. The van der Waals surface area contributed by atoms with E-state index in [4.69, 9.17) is 0 Å². The zero-order chi connectivity index (χ0) is 12.3. The number of halogens is 3. The highest BCUT2D eigenvalue weighted by Gasteiger charge is 2.25. The first kappa shape index (κ1) is 12.4. The van der Waals surface area contributed by atoms with Gasteiger partial charge in [0.25, 0.3) is 0 Å². The van der Waals surface area contributed by atoms with Gasteiger partial charge in [-0.15, -0.1) is 0 Å². The van der Waals surface area contributed by atoms with E-state index in [9.17, 15) is 18.0 Å². The van der Waals surface area contributed by atoms with Crippen LogP contribution < -0.4 is 4.74 Å². The summed E-state index contributed by atoms with van der Waals surface area (Å²) in [6.07, 6.45) is 0. The van der Waals surface area contributed by atoms with Gasteiger partial charge >= 0.3 is 5.97 Å². The van der Waals surface area contributed by atoms with Crippen LogP contribution in [0.15, 0.2) is 6.07 Å². The Bertz CT molecular complexity index is 418. The summed E-state index contributed by atoms with van der Waals surface area (Å²) >= 11 is 0. The van der Waals surface area contributed by atoms with Crippen LogP contribution in [0.3, 0.4) is 0 Å². The van der Waals surface area contributed by atoms with Gasteiger partial charge in [0.1, 0.15) is 5.56 Å². The molecule has 0 fully saturated rings. The van der Waals surface area contributed by atoms with E-state index in [2.05, 4.69) is 9.47 Å². The van der Waals surface area contributed by atoms with Gasteiger partial charge in [-0.25, -0.2) is 18.0 Å². The van der Waals surface area contributed by atoms with Crippen molar-refractivity contribution in [3.05, 3.63) is 29.1 Å². The van der Waals surface area contributed by atoms with E-state index < -0.39 is 34.7 Å². The summed E-state index contributed by atoms with van der Waals surface area (Å²) in [5.74, 6) is -6.06. The van der Waals surface area contributed by atoms with Gasteiger partial charge in [-0.05, 0) is 6.92 Å². The molecule has 0 heterocycles. The van der Waals surface area contributed by atoms with Gasteiger partial charge in [0.2, 0.25) is 0 Å². The van der Waals surface area contributed by atoms with Gasteiger partial charge in [-0.1, -0.05) is 0 Å². The first-order chi connectivity index (χ1) is 7.52. The molecule has 6 heteroatoms. The van der Waals surface area contributed by atoms with Crippen LogP contribution in [0, 0.1) is 17.5 Å². The Balaban J connectivity index is 3.35. The maximum Gasteiger partial charge on any atom is 0.344 e. The Hall–Kier alpha value is -1.72. The predicted octanol–water partition coefficient (Wildman–Crippen LogP) is 2.29. The van der Waals surface area contributed by atoms with Crippen molar-refractivity contribution in [1.29, 1.82) is 0 Å². The number of carbonyl (C=O) groups is 1. The van der Waals surface area contributed by atoms with Crippen LogP contribution in [0.5, 0.6) is 5.75 Å². The second-order valence-electron chi connectivity index (χ2n) is 2.78. The summed E-state index contributed by atoms with van der Waals surface area (Å²) in [5, 5.41) is 0. The van der Waals surface area contributed by atoms with Crippen LogP contribution >= 0.6 is 0 Å². The van der Waals surface area contributed by atoms with Crippen molar-refractivity contribution in [2.45, 2.75) is 6.92 Å². The summed E-state index contributed by atoms with van der Waals surface area (Å²) in [7, 11) is 1.07. The molecule has 0 bridgehead atoms. The van der Waals surface area contributed by atoms with Crippen LogP contribution in [-0.2, 0) is 4.74 Å². The molecule has 0 aliphatic carbocycles. The molecule has 0 aromatic heterocycles. The number of rotatable bonds is 3. The molecular formula is C10H9F3O3. The summed E-state index contributed by atoms with van der Waals surface area (Å²) in [5.41, 5.74) is -1.08. The number of hydrogen-bond acceptors (Lipinski definition) is 3. The van der Waals surface area contributed by atoms with Crippen molar-refractivity contribution in [2.24, 2.45) is 0 Å². The predicted molar refractivity (Wildman–Crippen MR) is 48.8 cm³/mol. The molecule has 0 radical (unpaired) electrons. The molecular weight excluding hydrogens is 225 g/mol. The first-order valence-electron chi connectivity index (χ1n) is 4.41. The third-order valence-corrected chi connectivity index (χ3v) is 1.82. The Morgan fingerprint density at radius 3 is 2.44 bits per heavy atom. The van der Waals surface area contributed by atoms with Crippen LogP contribution in [0.1, 0.15) is 17.3 Å². The third-order valence-electron chi connectivity index (χ3n) is 1.82. The topological polar surface area (TPSA) is 35.5 Å². The minimum absolute atomic E-state index is 0.0729. The number of methoxy groups -OCH3 is 1. The molecule has 88 valence electrons. The second-order valence-corrected chi connectivity index (χ2v) is 2.78. The fourth-order valence-electron chi connectivity index (χ4n) is 1.11. The van der Waals surface area contributed by atoms with Crippen molar-refractivity contribution < 1.29 is 27.4 Å². The van der Waals surface area contributed by atoms with Crippen molar-refractivity contribution in [2.75, 3.05) is 13.7 Å². The number of carbonyl (C=O) groups excluding carboxylic acids is 1. The minimum atomic E-state index is -1.59. The molecule has 0 saturated heterocycles. The van der Waals surface area contributed by atoms with Crippen molar-refractivity contribution >= 4 is 5.97 Å². The van der Waals surface area contributed by atoms with Gasteiger partial charge in [0, 0.05) is 6.07 Å². The molecule has 1 aromatic carbocycles. The van der Waals surface area contributed by atoms with Gasteiger partial charge < -0.3 is 9.47 Å². The van der Waals surface area contributed by atoms with Gasteiger partial charge in [-0.3, -0.25) is 0 Å². The van der Waals surface area contributed by atoms with Crippen LogP contribution in [0.2, 0.25) is 0 Å². The highest BCUT2D eigenvalue weighted by Crippen LogP contribution is 2.26. The number of esters is 1. The standard InChI is InChI=1S/C10H9F3O3/c1-3-16-10(14)7-8(12)5(11)4-6(15-2)9(7)13/h4H,3H2,1-2H3. The molecule has 0 spiro atoms. The SMILES string of the molecule is CCOC(=O)c1c(F)c(F)cc(OC)c1F. The lowest BCUT2D eigenvalue weighted by Gasteiger charge is -2.08. The van der Waals surface area contributed by atoms with Crippen molar-refractivity contribution in [3.63, 3.8) is 0 Å². The molecule has 0 aliphatic heterocycles. The lowest BCUT2D eigenvalue weighted by molar-refractivity contribution is 0.0513. The molecule has 0 aliphatic rings. The molecule has 0 saturated carbocycles. The van der Waals surface area contributed by atoms with E-state index in [1.165, 1.54) is 6.92 Å². The van der Waals surface area contributed by atoms with Crippen LogP contribution in [-0.4, -0.2) is 19.7 Å². The maximum absolute atomic E-state index is 13.5. The van der Waals surface area contributed by atoms with Crippen molar-refractivity contribution in [3.8, 4) is 5.75 Å².